The van der Waals surface area contributed by atoms with E-state index < -0.39 is 0 Å². The Balaban J connectivity index is 1.75. The van der Waals surface area contributed by atoms with Crippen molar-refractivity contribution in [3.63, 3.8) is 0 Å². The second-order valence-electron chi connectivity index (χ2n) is 5.37. The maximum atomic E-state index is 11.9. The van der Waals surface area contributed by atoms with Gasteiger partial charge < -0.3 is 10.6 Å². The molecule has 2 aromatic rings. The molecule has 0 bridgehead atoms. The molecule has 2 aromatic carbocycles. The van der Waals surface area contributed by atoms with Crippen LogP contribution in [0.2, 0.25) is 5.02 Å². The average Bonchev–Trinajstić information content (AvgIpc) is 2.53. The normalized spacial score (nSPS) is 10.3. The van der Waals surface area contributed by atoms with E-state index in [4.69, 9.17) is 11.6 Å². The number of hydrogen-bond acceptors (Lipinski definition) is 3. The summed E-state index contributed by atoms with van der Waals surface area (Å²) in [6.07, 6.45) is 0. The smallest absolute Gasteiger partial charge is 0.234 e. The first-order valence-electron chi connectivity index (χ1n) is 7.45. The number of anilines is 2. The Kier molecular flexibility index (Phi) is 6.70. The highest BCUT2D eigenvalue weighted by molar-refractivity contribution is 8.00. The van der Waals surface area contributed by atoms with Gasteiger partial charge in [0, 0.05) is 16.4 Å². The van der Waals surface area contributed by atoms with Gasteiger partial charge in [-0.1, -0.05) is 35.9 Å². The van der Waals surface area contributed by atoms with E-state index in [0.29, 0.717) is 10.7 Å². The molecule has 2 N–H and O–H groups in total. The molecular weight excluding hydrogens is 344 g/mol. The molecule has 0 spiro atoms. The lowest BCUT2D eigenvalue weighted by molar-refractivity contribution is -0.114. The second-order valence-corrected chi connectivity index (χ2v) is 6.76. The number of nitrogens with one attached hydrogen (secondary N) is 2. The van der Waals surface area contributed by atoms with E-state index >= 15 is 0 Å². The van der Waals surface area contributed by atoms with Crippen molar-refractivity contribution in [2.75, 3.05) is 22.1 Å². The van der Waals surface area contributed by atoms with Crippen LogP contribution in [0.15, 0.2) is 42.5 Å². The zero-order chi connectivity index (χ0) is 17.5. The SMILES string of the molecule is Cc1ccc(NC(=O)CSCC(=O)Nc2ccccc2C)cc1Cl. The Bertz CT molecular complexity index is 750. The molecule has 0 atom stereocenters. The molecular formula is C18H19ClN2O2S. The van der Waals surface area contributed by atoms with Crippen LogP contribution in [0.25, 0.3) is 0 Å². The van der Waals surface area contributed by atoms with Crippen molar-refractivity contribution in [1.29, 1.82) is 0 Å². The minimum Gasteiger partial charge on any atom is -0.325 e. The number of rotatable bonds is 6. The molecule has 0 saturated heterocycles. The number of carbonyl (C=O) groups excluding carboxylic acids is 2. The van der Waals surface area contributed by atoms with Gasteiger partial charge in [0.25, 0.3) is 0 Å². The lowest BCUT2D eigenvalue weighted by Gasteiger charge is -2.08. The fourth-order valence-corrected chi connectivity index (χ4v) is 2.80. The minimum absolute atomic E-state index is 0.125. The maximum absolute atomic E-state index is 11.9. The summed E-state index contributed by atoms with van der Waals surface area (Å²) in [4.78, 5) is 23.8. The van der Waals surface area contributed by atoms with Crippen LogP contribution >= 0.6 is 23.4 Å². The lowest BCUT2D eigenvalue weighted by atomic mass is 10.2. The molecule has 0 unspecified atom stereocenters. The number of thioether (sulfide) groups is 1. The Morgan fingerprint density at radius 2 is 1.62 bits per heavy atom. The molecule has 2 amide bonds. The van der Waals surface area contributed by atoms with Crippen molar-refractivity contribution in [1.82, 2.24) is 0 Å². The average molecular weight is 363 g/mol. The molecule has 2 rings (SSSR count). The molecule has 4 nitrogen and oxygen atoms in total. The summed E-state index contributed by atoms with van der Waals surface area (Å²) in [6.45, 7) is 3.83. The first-order valence-corrected chi connectivity index (χ1v) is 8.98. The van der Waals surface area contributed by atoms with Gasteiger partial charge in [-0.2, -0.15) is 0 Å². The summed E-state index contributed by atoms with van der Waals surface area (Å²) in [7, 11) is 0. The van der Waals surface area contributed by atoms with Crippen molar-refractivity contribution in [2.24, 2.45) is 0 Å². The lowest BCUT2D eigenvalue weighted by Crippen LogP contribution is -2.18. The van der Waals surface area contributed by atoms with Crippen LogP contribution in [0.1, 0.15) is 11.1 Å². The van der Waals surface area contributed by atoms with E-state index in [2.05, 4.69) is 10.6 Å². The fraction of sp³-hybridized carbons (Fsp3) is 0.222. The third-order valence-electron chi connectivity index (χ3n) is 3.34. The minimum atomic E-state index is -0.163. The molecule has 0 aromatic heterocycles. The highest BCUT2D eigenvalue weighted by atomic mass is 35.5. The van der Waals surface area contributed by atoms with Gasteiger partial charge in [-0.25, -0.2) is 0 Å². The molecule has 24 heavy (non-hydrogen) atoms. The summed E-state index contributed by atoms with van der Waals surface area (Å²) >= 11 is 7.29. The topological polar surface area (TPSA) is 58.2 Å². The summed E-state index contributed by atoms with van der Waals surface area (Å²) in [5, 5.41) is 6.21. The van der Waals surface area contributed by atoms with Crippen molar-refractivity contribution >= 4 is 46.6 Å². The Morgan fingerprint density at radius 1 is 0.958 bits per heavy atom. The monoisotopic (exact) mass is 362 g/mol. The summed E-state index contributed by atoms with van der Waals surface area (Å²) in [5.74, 6) is 0.132. The van der Waals surface area contributed by atoms with E-state index in [1.807, 2.05) is 44.2 Å². The molecule has 0 saturated carbocycles. The van der Waals surface area contributed by atoms with Gasteiger partial charge >= 0.3 is 0 Å². The first kappa shape index (κ1) is 18.4. The van der Waals surface area contributed by atoms with E-state index in [1.165, 1.54) is 11.8 Å². The number of halogens is 1. The molecule has 0 aliphatic heterocycles. The number of benzene rings is 2. The van der Waals surface area contributed by atoms with Gasteiger partial charge in [-0.3, -0.25) is 9.59 Å². The van der Waals surface area contributed by atoms with Crippen molar-refractivity contribution in [3.05, 3.63) is 58.6 Å². The van der Waals surface area contributed by atoms with Gasteiger partial charge in [0.15, 0.2) is 0 Å². The van der Waals surface area contributed by atoms with Gasteiger partial charge in [-0.15, -0.1) is 11.8 Å². The van der Waals surface area contributed by atoms with E-state index in [-0.39, 0.29) is 23.3 Å². The van der Waals surface area contributed by atoms with Crippen LogP contribution < -0.4 is 10.6 Å². The fourth-order valence-electron chi connectivity index (χ4n) is 2.00. The Labute approximate surface area is 151 Å². The van der Waals surface area contributed by atoms with Gasteiger partial charge in [0.1, 0.15) is 0 Å². The van der Waals surface area contributed by atoms with Crippen LogP contribution in [0.5, 0.6) is 0 Å². The van der Waals surface area contributed by atoms with Crippen LogP contribution in [-0.2, 0) is 9.59 Å². The van der Waals surface area contributed by atoms with E-state index in [9.17, 15) is 9.59 Å². The van der Waals surface area contributed by atoms with Crippen LogP contribution in [-0.4, -0.2) is 23.3 Å². The number of para-hydroxylation sites is 1. The van der Waals surface area contributed by atoms with Crippen LogP contribution in [0, 0.1) is 13.8 Å². The van der Waals surface area contributed by atoms with Gasteiger partial charge in [0.05, 0.1) is 11.5 Å². The molecule has 0 aliphatic rings. The number of hydrogen-bond donors (Lipinski definition) is 2. The Hall–Kier alpha value is -1.98. The number of carbonyl (C=O) groups is 2. The first-order chi connectivity index (χ1) is 11.5. The largest absolute Gasteiger partial charge is 0.325 e. The van der Waals surface area contributed by atoms with Crippen molar-refractivity contribution in [2.45, 2.75) is 13.8 Å². The van der Waals surface area contributed by atoms with Crippen LogP contribution in [0.3, 0.4) is 0 Å². The highest BCUT2D eigenvalue weighted by Gasteiger charge is 2.08. The van der Waals surface area contributed by atoms with E-state index in [0.717, 1.165) is 16.8 Å². The molecule has 0 radical (unpaired) electrons. The summed E-state index contributed by atoms with van der Waals surface area (Å²) in [6, 6.07) is 12.9. The van der Waals surface area contributed by atoms with Crippen molar-refractivity contribution in [3.8, 4) is 0 Å². The maximum Gasteiger partial charge on any atom is 0.234 e. The summed E-state index contributed by atoms with van der Waals surface area (Å²) < 4.78 is 0. The van der Waals surface area contributed by atoms with Gasteiger partial charge in [0.2, 0.25) is 11.8 Å². The molecule has 0 aliphatic carbocycles. The molecule has 126 valence electrons. The number of amides is 2. The Morgan fingerprint density at radius 3 is 2.29 bits per heavy atom. The third kappa shape index (κ3) is 5.58. The predicted molar refractivity (Wildman–Crippen MR) is 102 cm³/mol. The number of aryl methyl sites for hydroxylation is 2. The molecule has 6 heteroatoms. The molecule has 0 heterocycles. The van der Waals surface area contributed by atoms with Gasteiger partial charge in [-0.05, 0) is 43.2 Å². The van der Waals surface area contributed by atoms with E-state index in [1.54, 1.807) is 12.1 Å². The summed E-state index contributed by atoms with van der Waals surface area (Å²) in [5.41, 5.74) is 3.41. The highest BCUT2D eigenvalue weighted by Crippen LogP contribution is 2.20. The zero-order valence-electron chi connectivity index (χ0n) is 13.6. The standard InChI is InChI=1S/C18H19ClN2O2S/c1-12-7-8-14(9-15(12)19)20-17(22)10-24-11-18(23)21-16-6-4-3-5-13(16)2/h3-9H,10-11H2,1-2H3,(H,20,22)(H,21,23). The van der Waals surface area contributed by atoms with Crippen LogP contribution in [0.4, 0.5) is 11.4 Å². The predicted octanol–water partition coefficient (Wildman–Crippen LogP) is 4.27. The quantitative estimate of drug-likeness (QED) is 0.806. The van der Waals surface area contributed by atoms with Crippen molar-refractivity contribution < 1.29 is 9.59 Å². The third-order valence-corrected chi connectivity index (χ3v) is 4.68. The molecule has 0 fully saturated rings. The second kappa shape index (κ2) is 8.76. The zero-order valence-corrected chi connectivity index (χ0v) is 15.1.